The van der Waals surface area contributed by atoms with Gasteiger partial charge in [0, 0.05) is 31.0 Å². The zero-order chi connectivity index (χ0) is 18.9. The summed E-state index contributed by atoms with van der Waals surface area (Å²) >= 11 is 0. The van der Waals surface area contributed by atoms with Crippen LogP contribution < -0.4 is 0 Å². The minimum atomic E-state index is -0.244. The van der Waals surface area contributed by atoms with Crippen LogP contribution in [0.3, 0.4) is 0 Å². The molecular formula is C22H26N2O3. The van der Waals surface area contributed by atoms with Crippen LogP contribution in [0.5, 0.6) is 0 Å². The van der Waals surface area contributed by atoms with E-state index in [4.69, 9.17) is 9.47 Å². The summed E-state index contributed by atoms with van der Waals surface area (Å²) in [4.78, 5) is 18.7. The summed E-state index contributed by atoms with van der Waals surface area (Å²) in [6.07, 6.45) is 5.57. The van der Waals surface area contributed by atoms with E-state index in [-0.39, 0.29) is 17.6 Å². The second-order valence-corrected chi connectivity index (χ2v) is 7.79. The van der Waals surface area contributed by atoms with E-state index in [0.29, 0.717) is 26.3 Å². The summed E-state index contributed by atoms with van der Waals surface area (Å²) in [5.41, 5.74) is 3.93. The zero-order valence-corrected chi connectivity index (χ0v) is 16.0. The van der Waals surface area contributed by atoms with Gasteiger partial charge in [-0.15, -0.1) is 0 Å². The van der Waals surface area contributed by atoms with Crippen molar-refractivity contribution in [3.8, 4) is 0 Å². The maximum atomic E-state index is 12.7. The molecule has 0 saturated carbocycles. The lowest BCUT2D eigenvalue weighted by Gasteiger charge is -2.53. The summed E-state index contributed by atoms with van der Waals surface area (Å²) < 4.78 is 12.2. The second kappa shape index (κ2) is 7.41. The van der Waals surface area contributed by atoms with Crippen LogP contribution in [0.2, 0.25) is 0 Å². The van der Waals surface area contributed by atoms with Gasteiger partial charge in [0.2, 0.25) is 0 Å². The lowest BCUT2D eigenvalue weighted by molar-refractivity contribution is -0.188. The van der Waals surface area contributed by atoms with Gasteiger partial charge in [0.1, 0.15) is 5.60 Å². The lowest BCUT2D eigenvalue weighted by Crippen LogP contribution is -2.67. The molecule has 1 atom stereocenters. The van der Waals surface area contributed by atoms with Gasteiger partial charge in [0.15, 0.2) is 0 Å². The number of likely N-dealkylation sites (tertiary alicyclic amines) is 1. The number of amides is 1. The first kappa shape index (κ1) is 18.1. The highest BCUT2D eigenvalue weighted by atomic mass is 16.5. The zero-order valence-electron chi connectivity index (χ0n) is 16.0. The van der Waals surface area contributed by atoms with Crippen molar-refractivity contribution in [3.05, 3.63) is 65.0 Å². The van der Waals surface area contributed by atoms with Crippen molar-refractivity contribution in [1.29, 1.82) is 0 Å². The molecular weight excluding hydrogens is 340 g/mol. The van der Waals surface area contributed by atoms with Crippen molar-refractivity contribution in [2.75, 3.05) is 19.7 Å². The molecule has 1 aromatic heterocycles. The molecule has 2 fully saturated rings. The minimum absolute atomic E-state index is 0.0851. The first-order valence-electron chi connectivity index (χ1n) is 9.56. The molecule has 2 aliphatic rings. The minimum Gasteiger partial charge on any atom is -0.373 e. The molecule has 0 N–H and O–H groups in total. The predicted molar refractivity (Wildman–Crippen MR) is 103 cm³/mol. The van der Waals surface area contributed by atoms with Crippen molar-refractivity contribution in [2.45, 2.75) is 45.0 Å². The molecule has 1 aromatic carbocycles. The molecule has 2 aliphatic heterocycles. The molecule has 2 aromatic rings. The lowest BCUT2D eigenvalue weighted by atomic mass is 9.84. The summed E-state index contributed by atoms with van der Waals surface area (Å²) in [5, 5.41) is 0. The number of pyridine rings is 1. The fraction of sp³-hybridized carbons (Fsp3) is 0.455. The SMILES string of the molecule is Cc1cccc(C(=O)N2CC3(CC(OCc4cnccc4C)CCO3)C2)c1. The average molecular weight is 366 g/mol. The first-order chi connectivity index (χ1) is 13.0. The highest BCUT2D eigenvalue weighted by Gasteiger charge is 2.49. The van der Waals surface area contributed by atoms with E-state index in [9.17, 15) is 4.79 Å². The molecule has 5 heteroatoms. The summed E-state index contributed by atoms with van der Waals surface area (Å²) in [5.74, 6) is 0.0851. The van der Waals surface area contributed by atoms with Crippen molar-refractivity contribution >= 4 is 5.91 Å². The van der Waals surface area contributed by atoms with Crippen LogP contribution in [-0.2, 0) is 16.1 Å². The largest absolute Gasteiger partial charge is 0.373 e. The average Bonchev–Trinajstić information content (AvgIpc) is 2.65. The van der Waals surface area contributed by atoms with Crippen LogP contribution in [-0.4, -0.2) is 47.2 Å². The predicted octanol–water partition coefficient (Wildman–Crippen LogP) is 3.29. The smallest absolute Gasteiger partial charge is 0.254 e. The van der Waals surface area contributed by atoms with Crippen LogP contribution >= 0.6 is 0 Å². The van der Waals surface area contributed by atoms with E-state index in [2.05, 4.69) is 11.9 Å². The number of nitrogens with zero attached hydrogens (tertiary/aromatic N) is 2. The van der Waals surface area contributed by atoms with E-state index < -0.39 is 0 Å². The quantitative estimate of drug-likeness (QED) is 0.833. The third-order valence-corrected chi connectivity index (χ3v) is 5.58. The summed E-state index contributed by atoms with van der Waals surface area (Å²) in [6.45, 7) is 6.63. The maximum Gasteiger partial charge on any atom is 0.254 e. The molecule has 2 saturated heterocycles. The Morgan fingerprint density at radius 3 is 2.96 bits per heavy atom. The van der Waals surface area contributed by atoms with E-state index in [1.807, 2.05) is 48.4 Å². The van der Waals surface area contributed by atoms with Crippen molar-refractivity contribution in [1.82, 2.24) is 9.88 Å². The van der Waals surface area contributed by atoms with Gasteiger partial charge in [0.05, 0.1) is 25.8 Å². The van der Waals surface area contributed by atoms with Crippen LogP contribution in [0.25, 0.3) is 0 Å². The van der Waals surface area contributed by atoms with E-state index in [1.165, 1.54) is 5.56 Å². The third kappa shape index (κ3) is 3.89. The van der Waals surface area contributed by atoms with Crippen LogP contribution in [0, 0.1) is 13.8 Å². The molecule has 0 radical (unpaired) electrons. The molecule has 0 aliphatic carbocycles. The molecule has 0 bridgehead atoms. The normalized spacial score (nSPS) is 21.1. The number of benzene rings is 1. The fourth-order valence-corrected chi connectivity index (χ4v) is 3.95. The second-order valence-electron chi connectivity index (χ2n) is 7.79. The summed E-state index contributed by atoms with van der Waals surface area (Å²) in [6, 6.07) is 9.76. The van der Waals surface area contributed by atoms with Crippen molar-refractivity contribution in [3.63, 3.8) is 0 Å². The Bertz CT molecular complexity index is 830. The van der Waals surface area contributed by atoms with Crippen LogP contribution in [0.4, 0.5) is 0 Å². The van der Waals surface area contributed by atoms with Gasteiger partial charge < -0.3 is 14.4 Å². The Balaban J connectivity index is 1.33. The number of carbonyl (C=O) groups excluding carboxylic acids is 1. The molecule has 3 heterocycles. The topological polar surface area (TPSA) is 51.7 Å². The molecule has 1 amide bonds. The van der Waals surface area contributed by atoms with Crippen LogP contribution in [0.15, 0.2) is 42.7 Å². The van der Waals surface area contributed by atoms with Gasteiger partial charge in [-0.3, -0.25) is 9.78 Å². The number of ether oxygens (including phenoxy) is 2. The monoisotopic (exact) mass is 366 g/mol. The Kier molecular flexibility index (Phi) is 4.98. The van der Waals surface area contributed by atoms with Gasteiger partial charge in [-0.2, -0.15) is 0 Å². The standard InChI is InChI=1S/C22H26N2O3/c1-16-4-3-5-18(10-16)21(25)24-14-22(15-24)11-20(7-9-27-22)26-13-19-12-23-8-6-17(19)2/h3-6,8,10,12,20H,7,9,11,13-15H2,1-2H3. The summed E-state index contributed by atoms with van der Waals surface area (Å²) in [7, 11) is 0. The Morgan fingerprint density at radius 1 is 1.33 bits per heavy atom. The van der Waals surface area contributed by atoms with E-state index in [1.54, 1.807) is 6.20 Å². The Hall–Kier alpha value is -2.24. The van der Waals surface area contributed by atoms with Crippen molar-refractivity contribution in [2.24, 2.45) is 0 Å². The van der Waals surface area contributed by atoms with E-state index in [0.717, 1.165) is 29.5 Å². The van der Waals surface area contributed by atoms with Crippen LogP contribution in [0.1, 0.15) is 39.9 Å². The van der Waals surface area contributed by atoms with E-state index >= 15 is 0 Å². The first-order valence-corrected chi connectivity index (χ1v) is 9.56. The van der Waals surface area contributed by atoms with Gasteiger partial charge >= 0.3 is 0 Å². The molecule has 1 unspecified atom stereocenters. The number of aromatic nitrogens is 1. The molecule has 5 nitrogen and oxygen atoms in total. The maximum absolute atomic E-state index is 12.7. The molecule has 1 spiro atoms. The number of carbonyl (C=O) groups is 1. The molecule has 27 heavy (non-hydrogen) atoms. The van der Waals surface area contributed by atoms with Crippen molar-refractivity contribution < 1.29 is 14.3 Å². The molecule has 4 rings (SSSR count). The number of aryl methyl sites for hydroxylation is 2. The van der Waals surface area contributed by atoms with Gasteiger partial charge in [0.25, 0.3) is 5.91 Å². The Labute approximate surface area is 160 Å². The van der Waals surface area contributed by atoms with Gasteiger partial charge in [-0.05, 0) is 49.6 Å². The Morgan fingerprint density at radius 2 is 2.19 bits per heavy atom. The highest BCUT2D eigenvalue weighted by molar-refractivity contribution is 5.95. The number of hydrogen-bond acceptors (Lipinski definition) is 4. The number of rotatable bonds is 4. The highest BCUT2D eigenvalue weighted by Crippen LogP contribution is 2.36. The van der Waals surface area contributed by atoms with Gasteiger partial charge in [-0.25, -0.2) is 0 Å². The van der Waals surface area contributed by atoms with Gasteiger partial charge in [-0.1, -0.05) is 17.7 Å². The fourth-order valence-electron chi connectivity index (χ4n) is 3.95. The third-order valence-electron chi connectivity index (χ3n) is 5.58. The molecule has 142 valence electrons. The number of hydrogen-bond donors (Lipinski definition) is 0.